The fourth-order valence-electron chi connectivity index (χ4n) is 1.51. The van der Waals surface area contributed by atoms with E-state index in [-0.39, 0.29) is 11.7 Å². The van der Waals surface area contributed by atoms with E-state index in [9.17, 15) is 9.18 Å². The van der Waals surface area contributed by atoms with E-state index in [0.29, 0.717) is 11.4 Å². The van der Waals surface area contributed by atoms with E-state index in [1.807, 2.05) is 18.4 Å². The Labute approximate surface area is 103 Å². The summed E-state index contributed by atoms with van der Waals surface area (Å²) in [5.74, 6) is -0.397. The lowest BCUT2D eigenvalue weighted by atomic mass is 10.2. The van der Waals surface area contributed by atoms with Crippen LogP contribution in [0.25, 0.3) is 0 Å². The Balaban J connectivity index is 1.99. The summed E-state index contributed by atoms with van der Waals surface area (Å²) in [5, 5.41) is 4.66. The SMILES string of the molecule is Cc1ccsc1C(=O)NCc1cccc(F)c1. The van der Waals surface area contributed by atoms with Gasteiger partial charge < -0.3 is 5.32 Å². The van der Waals surface area contributed by atoms with Crippen molar-refractivity contribution in [2.24, 2.45) is 0 Å². The first kappa shape index (κ1) is 11.8. The van der Waals surface area contributed by atoms with Crippen molar-refractivity contribution in [1.82, 2.24) is 5.32 Å². The lowest BCUT2D eigenvalue weighted by Crippen LogP contribution is -2.22. The van der Waals surface area contributed by atoms with E-state index in [1.54, 1.807) is 12.1 Å². The van der Waals surface area contributed by atoms with E-state index in [2.05, 4.69) is 5.32 Å². The van der Waals surface area contributed by atoms with Crippen LogP contribution in [0.5, 0.6) is 0 Å². The van der Waals surface area contributed by atoms with Crippen molar-refractivity contribution in [3.63, 3.8) is 0 Å². The van der Waals surface area contributed by atoms with Gasteiger partial charge in [-0.1, -0.05) is 12.1 Å². The third-order valence-corrected chi connectivity index (χ3v) is 3.43. The Morgan fingerprint density at radius 3 is 2.88 bits per heavy atom. The molecule has 0 bridgehead atoms. The largest absolute Gasteiger partial charge is 0.347 e. The van der Waals surface area contributed by atoms with Gasteiger partial charge in [0.2, 0.25) is 0 Å². The Morgan fingerprint density at radius 1 is 1.41 bits per heavy atom. The zero-order chi connectivity index (χ0) is 12.3. The highest BCUT2D eigenvalue weighted by atomic mass is 32.1. The third kappa shape index (κ3) is 2.91. The summed E-state index contributed by atoms with van der Waals surface area (Å²) in [6.45, 7) is 2.24. The van der Waals surface area contributed by atoms with Crippen molar-refractivity contribution in [2.45, 2.75) is 13.5 Å². The van der Waals surface area contributed by atoms with Crippen LogP contribution in [-0.2, 0) is 6.54 Å². The summed E-state index contributed by atoms with van der Waals surface area (Å²) >= 11 is 1.41. The summed E-state index contributed by atoms with van der Waals surface area (Å²) in [6, 6.07) is 8.12. The lowest BCUT2D eigenvalue weighted by Gasteiger charge is -2.04. The molecule has 0 radical (unpaired) electrons. The monoisotopic (exact) mass is 249 g/mol. The first-order chi connectivity index (χ1) is 8.16. The Hall–Kier alpha value is -1.68. The topological polar surface area (TPSA) is 29.1 Å². The average Bonchev–Trinajstić information content (AvgIpc) is 2.72. The Bertz CT molecular complexity index is 536. The predicted molar refractivity (Wildman–Crippen MR) is 66.6 cm³/mol. The minimum absolute atomic E-state index is 0.109. The van der Waals surface area contributed by atoms with Gasteiger partial charge in [-0.3, -0.25) is 4.79 Å². The van der Waals surface area contributed by atoms with Crippen molar-refractivity contribution in [3.05, 3.63) is 57.5 Å². The average molecular weight is 249 g/mol. The molecule has 0 aliphatic carbocycles. The van der Waals surface area contributed by atoms with Gasteiger partial charge >= 0.3 is 0 Å². The molecule has 2 rings (SSSR count). The van der Waals surface area contributed by atoms with Crippen LogP contribution in [0.2, 0.25) is 0 Å². The van der Waals surface area contributed by atoms with Gasteiger partial charge in [-0.05, 0) is 41.6 Å². The first-order valence-corrected chi connectivity index (χ1v) is 6.11. The van der Waals surface area contributed by atoms with Crippen molar-refractivity contribution >= 4 is 17.2 Å². The van der Waals surface area contributed by atoms with Crippen LogP contribution < -0.4 is 5.32 Å². The van der Waals surface area contributed by atoms with Gasteiger partial charge in [-0.25, -0.2) is 4.39 Å². The van der Waals surface area contributed by atoms with E-state index < -0.39 is 0 Å². The summed E-state index contributed by atoms with van der Waals surface area (Å²) in [5.41, 5.74) is 1.72. The van der Waals surface area contributed by atoms with E-state index >= 15 is 0 Å². The second kappa shape index (κ2) is 5.10. The van der Waals surface area contributed by atoms with Gasteiger partial charge in [0.1, 0.15) is 5.82 Å². The smallest absolute Gasteiger partial charge is 0.261 e. The molecule has 4 heteroatoms. The molecule has 17 heavy (non-hydrogen) atoms. The summed E-state index contributed by atoms with van der Waals surface area (Å²) in [4.78, 5) is 12.5. The zero-order valence-electron chi connectivity index (χ0n) is 9.37. The Morgan fingerprint density at radius 2 is 2.24 bits per heavy atom. The minimum atomic E-state index is -0.288. The normalized spacial score (nSPS) is 10.2. The molecule has 1 aromatic carbocycles. The van der Waals surface area contributed by atoms with Crippen LogP contribution >= 0.6 is 11.3 Å². The van der Waals surface area contributed by atoms with Gasteiger partial charge in [0.05, 0.1) is 4.88 Å². The molecule has 2 aromatic rings. The molecule has 0 fully saturated rings. The number of hydrogen-bond acceptors (Lipinski definition) is 2. The fraction of sp³-hybridized carbons (Fsp3) is 0.154. The molecule has 0 unspecified atom stereocenters. The van der Waals surface area contributed by atoms with E-state index in [4.69, 9.17) is 0 Å². The van der Waals surface area contributed by atoms with Crippen LogP contribution in [0.4, 0.5) is 4.39 Å². The number of carbonyl (C=O) groups is 1. The maximum atomic E-state index is 12.9. The number of aryl methyl sites for hydroxylation is 1. The van der Waals surface area contributed by atoms with Gasteiger partial charge in [0.15, 0.2) is 0 Å². The van der Waals surface area contributed by atoms with Gasteiger partial charge in [0, 0.05) is 6.54 Å². The quantitative estimate of drug-likeness (QED) is 0.889. The standard InChI is InChI=1S/C13H12FNOS/c1-9-5-6-17-12(9)13(16)15-8-10-3-2-4-11(14)7-10/h2-7H,8H2,1H3,(H,15,16). The highest BCUT2D eigenvalue weighted by molar-refractivity contribution is 7.12. The highest BCUT2D eigenvalue weighted by Crippen LogP contribution is 2.15. The minimum Gasteiger partial charge on any atom is -0.347 e. The molecule has 1 aromatic heterocycles. The summed E-state index contributed by atoms with van der Waals surface area (Å²) in [7, 11) is 0. The molecule has 0 saturated heterocycles. The number of rotatable bonds is 3. The van der Waals surface area contributed by atoms with Gasteiger partial charge in [-0.15, -0.1) is 11.3 Å². The number of hydrogen-bond donors (Lipinski definition) is 1. The van der Waals surface area contributed by atoms with E-state index in [0.717, 1.165) is 11.1 Å². The zero-order valence-corrected chi connectivity index (χ0v) is 10.2. The van der Waals surface area contributed by atoms with Crippen molar-refractivity contribution < 1.29 is 9.18 Å². The number of thiophene rings is 1. The predicted octanol–water partition coefficient (Wildman–Crippen LogP) is 3.13. The molecular weight excluding hydrogens is 237 g/mol. The maximum Gasteiger partial charge on any atom is 0.261 e. The van der Waals surface area contributed by atoms with Crippen molar-refractivity contribution in [3.8, 4) is 0 Å². The highest BCUT2D eigenvalue weighted by Gasteiger charge is 2.09. The molecule has 0 saturated carbocycles. The Kier molecular flexibility index (Phi) is 3.54. The van der Waals surface area contributed by atoms with Gasteiger partial charge in [-0.2, -0.15) is 0 Å². The second-order valence-electron chi connectivity index (χ2n) is 3.75. The van der Waals surface area contributed by atoms with Crippen LogP contribution in [0.15, 0.2) is 35.7 Å². The van der Waals surface area contributed by atoms with Crippen LogP contribution in [0.1, 0.15) is 20.8 Å². The molecule has 1 amide bonds. The van der Waals surface area contributed by atoms with Crippen LogP contribution in [0.3, 0.4) is 0 Å². The number of carbonyl (C=O) groups excluding carboxylic acids is 1. The molecule has 1 N–H and O–H groups in total. The summed E-state index contributed by atoms with van der Waals surface area (Å²) < 4.78 is 12.9. The number of halogens is 1. The molecule has 1 heterocycles. The number of nitrogens with one attached hydrogen (secondary N) is 1. The molecule has 88 valence electrons. The molecule has 0 atom stereocenters. The summed E-state index contributed by atoms with van der Waals surface area (Å²) in [6.07, 6.45) is 0. The maximum absolute atomic E-state index is 12.9. The number of amides is 1. The van der Waals surface area contributed by atoms with Crippen LogP contribution in [-0.4, -0.2) is 5.91 Å². The molecular formula is C13H12FNOS. The lowest BCUT2D eigenvalue weighted by molar-refractivity contribution is 0.0954. The second-order valence-corrected chi connectivity index (χ2v) is 4.66. The van der Waals surface area contributed by atoms with Crippen molar-refractivity contribution in [1.29, 1.82) is 0 Å². The van der Waals surface area contributed by atoms with Crippen LogP contribution in [0, 0.1) is 12.7 Å². The molecule has 2 nitrogen and oxygen atoms in total. The van der Waals surface area contributed by atoms with Gasteiger partial charge in [0.25, 0.3) is 5.91 Å². The number of benzene rings is 1. The first-order valence-electron chi connectivity index (χ1n) is 5.23. The third-order valence-electron chi connectivity index (χ3n) is 2.41. The van der Waals surface area contributed by atoms with Crippen molar-refractivity contribution in [2.75, 3.05) is 0 Å². The molecule has 0 aliphatic heterocycles. The fourth-order valence-corrected chi connectivity index (χ4v) is 2.36. The molecule has 0 spiro atoms. The molecule has 0 aliphatic rings. The van der Waals surface area contributed by atoms with E-state index in [1.165, 1.54) is 23.5 Å².